The number of urea groups is 1. The molecule has 0 saturated heterocycles. The highest BCUT2D eigenvalue weighted by atomic mass is 16.4. The smallest absolute Gasteiger partial charge is 0.314 e. The van der Waals surface area contributed by atoms with Crippen LogP contribution in [0.2, 0.25) is 0 Å². The monoisotopic (exact) mass is 256 g/mol. The van der Waals surface area contributed by atoms with Crippen LogP contribution >= 0.6 is 0 Å². The standard InChI is InChI=1S/C13H24N2O3/c1-10(3-4-11(16)17)5-8-14-12(18)15-9-13(2)6-7-13/h10H,3-9H2,1-2H3,(H,16,17)(H2,14,15,18). The van der Waals surface area contributed by atoms with Gasteiger partial charge < -0.3 is 15.7 Å². The zero-order chi connectivity index (χ0) is 13.6. The molecule has 1 atom stereocenters. The molecule has 104 valence electrons. The van der Waals surface area contributed by atoms with Crippen molar-refractivity contribution in [1.82, 2.24) is 10.6 Å². The Balaban J connectivity index is 1.98. The first kappa shape index (κ1) is 14.8. The summed E-state index contributed by atoms with van der Waals surface area (Å²) in [6.07, 6.45) is 4.07. The fourth-order valence-electron chi connectivity index (χ4n) is 1.69. The summed E-state index contributed by atoms with van der Waals surface area (Å²) in [5.41, 5.74) is 0.326. The van der Waals surface area contributed by atoms with Crippen LogP contribution in [0.4, 0.5) is 4.79 Å². The molecule has 1 fully saturated rings. The second kappa shape index (κ2) is 6.61. The highest BCUT2D eigenvalue weighted by Gasteiger charge is 2.37. The second-order valence-corrected chi connectivity index (χ2v) is 5.75. The van der Waals surface area contributed by atoms with Crippen molar-refractivity contribution in [2.45, 2.75) is 46.0 Å². The van der Waals surface area contributed by atoms with Crippen molar-refractivity contribution in [3.8, 4) is 0 Å². The SMILES string of the molecule is CC(CCNC(=O)NCC1(C)CC1)CCC(=O)O. The first-order chi connectivity index (χ1) is 8.41. The van der Waals surface area contributed by atoms with Crippen LogP contribution in [0.5, 0.6) is 0 Å². The van der Waals surface area contributed by atoms with Crippen molar-refractivity contribution in [2.75, 3.05) is 13.1 Å². The number of hydrogen-bond donors (Lipinski definition) is 3. The molecule has 18 heavy (non-hydrogen) atoms. The van der Waals surface area contributed by atoms with Gasteiger partial charge in [-0.15, -0.1) is 0 Å². The third kappa shape index (κ3) is 6.47. The molecule has 3 N–H and O–H groups in total. The van der Waals surface area contributed by atoms with Crippen LogP contribution < -0.4 is 10.6 Å². The molecule has 0 aliphatic heterocycles. The lowest BCUT2D eigenvalue weighted by molar-refractivity contribution is -0.137. The minimum absolute atomic E-state index is 0.117. The van der Waals surface area contributed by atoms with Crippen LogP contribution in [0.3, 0.4) is 0 Å². The van der Waals surface area contributed by atoms with Crippen LogP contribution in [0.15, 0.2) is 0 Å². The van der Waals surface area contributed by atoms with Crippen LogP contribution in [0.1, 0.15) is 46.0 Å². The first-order valence-electron chi connectivity index (χ1n) is 6.65. The Labute approximate surface area is 108 Å². The molecule has 0 bridgehead atoms. The molecule has 1 unspecified atom stereocenters. The number of nitrogens with one attached hydrogen (secondary N) is 2. The van der Waals surface area contributed by atoms with Gasteiger partial charge in [0.25, 0.3) is 0 Å². The number of carboxylic acids is 1. The summed E-state index contributed by atoms with van der Waals surface area (Å²) in [5, 5.41) is 14.2. The predicted octanol–water partition coefficient (Wildman–Crippen LogP) is 1.98. The van der Waals surface area contributed by atoms with Gasteiger partial charge >= 0.3 is 12.0 Å². The Bertz CT molecular complexity index is 301. The fraction of sp³-hybridized carbons (Fsp3) is 0.846. The molecule has 2 amide bonds. The molecule has 0 spiro atoms. The van der Waals surface area contributed by atoms with Crippen molar-refractivity contribution in [1.29, 1.82) is 0 Å². The molecule has 1 aliphatic carbocycles. The van der Waals surface area contributed by atoms with Gasteiger partial charge in [-0.2, -0.15) is 0 Å². The lowest BCUT2D eigenvalue weighted by Crippen LogP contribution is -2.39. The minimum atomic E-state index is -0.759. The third-order valence-corrected chi connectivity index (χ3v) is 3.55. The third-order valence-electron chi connectivity index (χ3n) is 3.55. The maximum Gasteiger partial charge on any atom is 0.314 e. The molecule has 0 heterocycles. The summed E-state index contributed by atoms with van der Waals surface area (Å²) in [6.45, 7) is 5.52. The van der Waals surface area contributed by atoms with E-state index in [2.05, 4.69) is 17.6 Å². The van der Waals surface area contributed by atoms with Crippen molar-refractivity contribution in [3.63, 3.8) is 0 Å². The topological polar surface area (TPSA) is 78.4 Å². The first-order valence-corrected chi connectivity index (χ1v) is 6.65. The van der Waals surface area contributed by atoms with Gasteiger partial charge in [0.05, 0.1) is 0 Å². The molecule has 0 aromatic rings. The summed E-state index contributed by atoms with van der Waals surface area (Å²) < 4.78 is 0. The lowest BCUT2D eigenvalue weighted by Gasteiger charge is -2.13. The van der Waals surface area contributed by atoms with Crippen LogP contribution in [0.25, 0.3) is 0 Å². The minimum Gasteiger partial charge on any atom is -0.481 e. The summed E-state index contributed by atoms with van der Waals surface area (Å²) in [4.78, 5) is 21.8. The van der Waals surface area contributed by atoms with Gasteiger partial charge in [0, 0.05) is 19.5 Å². The van der Waals surface area contributed by atoms with E-state index < -0.39 is 5.97 Å². The number of carboxylic acid groups (broad SMARTS) is 1. The average molecular weight is 256 g/mol. The van der Waals surface area contributed by atoms with Gasteiger partial charge in [0.1, 0.15) is 0 Å². The fourth-order valence-corrected chi connectivity index (χ4v) is 1.69. The van der Waals surface area contributed by atoms with Gasteiger partial charge in [0.2, 0.25) is 0 Å². The molecule has 0 radical (unpaired) electrons. The van der Waals surface area contributed by atoms with E-state index >= 15 is 0 Å². The zero-order valence-electron chi connectivity index (χ0n) is 11.3. The molecule has 0 aromatic carbocycles. The zero-order valence-corrected chi connectivity index (χ0v) is 11.3. The van der Waals surface area contributed by atoms with Crippen molar-refractivity contribution >= 4 is 12.0 Å². The summed E-state index contributed by atoms with van der Waals surface area (Å²) >= 11 is 0. The van der Waals surface area contributed by atoms with E-state index in [0.717, 1.165) is 13.0 Å². The van der Waals surface area contributed by atoms with Crippen molar-refractivity contribution in [3.05, 3.63) is 0 Å². The molecule has 1 saturated carbocycles. The van der Waals surface area contributed by atoms with E-state index in [1.807, 2.05) is 6.92 Å². The number of carbonyl (C=O) groups is 2. The molecule has 1 rings (SSSR count). The molecule has 5 heteroatoms. The van der Waals surface area contributed by atoms with Gasteiger partial charge in [-0.1, -0.05) is 13.8 Å². The van der Waals surface area contributed by atoms with E-state index in [1.54, 1.807) is 0 Å². The average Bonchev–Trinajstić information content (AvgIpc) is 3.03. The summed E-state index contributed by atoms with van der Waals surface area (Å²) in [6, 6.07) is -0.117. The number of amides is 2. The largest absolute Gasteiger partial charge is 0.481 e. The highest BCUT2D eigenvalue weighted by molar-refractivity contribution is 5.73. The highest BCUT2D eigenvalue weighted by Crippen LogP contribution is 2.43. The Morgan fingerprint density at radius 1 is 1.28 bits per heavy atom. The van der Waals surface area contributed by atoms with Gasteiger partial charge in [-0.25, -0.2) is 4.79 Å². The number of hydrogen-bond acceptors (Lipinski definition) is 2. The Morgan fingerprint density at radius 3 is 2.50 bits per heavy atom. The Hall–Kier alpha value is -1.26. The van der Waals surface area contributed by atoms with Crippen LogP contribution in [-0.4, -0.2) is 30.2 Å². The second-order valence-electron chi connectivity index (χ2n) is 5.75. The number of rotatable bonds is 8. The van der Waals surface area contributed by atoms with Gasteiger partial charge in [-0.3, -0.25) is 4.79 Å². The van der Waals surface area contributed by atoms with E-state index in [1.165, 1.54) is 12.8 Å². The van der Waals surface area contributed by atoms with Crippen molar-refractivity contribution < 1.29 is 14.7 Å². The molecular weight excluding hydrogens is 232 g/mol. The van der Waals surface area contributed by atoms with Crippen LogP contribution in [-0.2, 0) is 4.79 Å². The van der Waals surface area contributed by atoms with E-state index in [0.29, 0.717) is 24.3 Å². The quantitative estimate of drug-likeness (QED) is 0.621. The summed E-state index contributed by atoms with van der Waals surface area (Å²) in [5.74, 6) is -0.437. The molecule has 0 aromatic heterocycles. The predicted molar refractivity (Wildman–Crippen MR) is 69.4 cm³/mol. The van der Waals surface area contributed by atoms with E-state index in [4.69, 9.17) is 5.11 Å². The van der Waals surface area contributed by atoms with Gasteiger partial charge in [0.15, 0.2) is 0 Å². The normalized spacial score (nSPS) is 17.9. The molecular formula is C13H24N2O3. The maximum atomic E-state index is 11.4. The van der Waals surface area contributed by atoms with Crippen molar-refractivity contribution in [2.24, 2.45) is 11.3 Å². The Morgan fingerprint density at radius 2 is 1.94 bits per heavy atom. The molecule has 1 aliphatic rings. The maximum absolute atomic E-state index is 11.4. The van der Waals surface area contributed by atoms with E-state index in [-0.39, 0.29) is 12.5 Å². The number of carbonyl (C=O) groups excluding carboxylic acids is 1. The number of aliphatic carboxylic acids is 1. The molecule has 5 nitrogen and oxygen atoms in total. The van der Waals surface area contributed by atoms with Crippen LogP contribution in [0, 0.1) is 11.3 Å². The van der Waals surface area contributed by atoms with E-state index in [9.17, 15) is 9.59 Å². The lowest BCUT2D eigenvalue weighted by atomic mass is 10.0. The Kier molecular flexibility index (Phi) is 5.44. The summed E-state index contributed by atoms with van der Waals surface area (Å²) in [7, 11) is 0. The van der Waals surface area contributed by atoms with Gasteiger partial charge in [-0.05, 0) is 37.0 Å².